The van der Waals surface area contributed by atoms with Crippen molar-refractivity contribution in [2.24, 2.45) is 4.99 Å². The standard InChI is InChI=1S/C19H25FN4O2/c1-3-22-19(23-10-5-11-25-2)24-13-15-7-8-18(17(20)12-15)26-16-6-4-9-21-14-16/h4,6-9,12,14H,3,5,10-11,13H2,1-2H3,(H2,22,23,24). The Balaban J connectivity index is 1.96. The van der Waals surface area contributed by atoms with Gasteiger partial charge in [-0.3, -0.25) is 4.98 Å². The minimum absolute atomic E-state index is 0.162. The normalized spacial score (nSPS) is 11.3. The van der Waals surface area contributed by atoms with Crippen molar-refractivity contribution < 1.29 is 13.9 Å². The molecule has 0 fully saturated rings. The van der Waals surface area contributed by atoms with Crippen LogP contribution in [0.2, 0.25) is 0 Å². The molecule has 26 heavy (non-hydrogen) atoms. The summed E-state index contributed by atoms with van der Waals surface area (Å²) in [5, 5.41) is 6.38. The van der Waals surface area contributed by atoms with E-state index in [1.807, 2.05) is 6.92 Å². The molecule has 0 atom stereocenters. The monoisotopic (exact) mass is 360 g/mol. The number of nitrogens with one attached hydrogen (secondary N) is 2. The van der Waals surface area contributed by atoms with E-state index in [0.29, 0.717) is 24.9 Å². The van der Waals surface area contributed by atoms with Crippen LogP contribution in [-0.4, -0.2) is 37.7 Å². The Labute approximate surface area is 153 Å². The molecule has 0 aliphatic heterocycles. The first kappa shape index (κ1) is 19.7. The number of aromatic nitrogens is 1. The number of rotatable bonds is 9. The molecular formula is C19H25FN4O2. The molecule has 0 saturated carbocycles. The van der Waals surface area contributed by atoms with Crippen LogP contribution in [0.1, 0.15) is 18.9 Å². The minimum Gasteiger partial charge on any atom is -0.453 e. The van der Waals surface area contributed by atoms with Crippen LogP contribution < -0.4 is 15.4 Å². The Morgan fingerprint density at radius 1 is 1.27 bits per heavy atom. The largest absolute Gasteiger partial charge is 0.453 e. The van der Waals surface area contributed by atoms with Crippen molar-refractivity contribution in [3.63, 3.8) is 0 Å². The highest BCUT2D eigenvalue weighted by molar-refractivity contribution is 5.79. The van der Waals surface area contributed by atoms with Gasteiger partial charge in [-0.05, 0) is 43.2 Å². The smallest absolute Gasteiger partial charge is 0.191 e. The highest BCUT2D eigenvalue weighted by Gasteiger charge is 2.06. The second kappa shape index (κ2) is 11.0. The summed E-state index contributed by atoms with van der Waals surface area (Å²) in [6.45, 7) is 4.56. The first-order valence-corrected chi connectivity index (χ1v) is 8.60. The third-order valence-electron chi connectivity index (χ3n) is 3.44. The zero-order valence-electron chi connectivity index (χ0n) is 15.2. The summed E-state index contributed by atoms with van der Waals surface area (Å²) in [5.74, 6) is 0.918. The SMILES string of the molecule is CCNC(=NCc1ccc(Oc2cccnc2)c(F)c1)NCCCOC. The third-order valence-corrected chi connectivity index (χ3v) is 3.44. The van der Waals surface area contributed by atoms with E-state index in [9.17, 15) is 4.39 Å². The number of guanidine groups is 1. The molecule has 0 saturated heterocycles. The molecule has 2 aromatic rings. The maximum absolute atomic E-state index is 14.3. The van der Waals surface area contributed by atoms with E-state index in [-0.39, 0.29) is 5.75 Å². The summed E-state index contributed by atoms with van der Waals surface area (Å²) in [5.41, 5.74) is 0.759. The average molecular weight is 360 g/mol. The molecule has 2 N–H and O–H groups in total. The lowest BCUT2D eigenvalue weighted by molar-refractivity contribution is 0.195. The number of pyridine rings is 1. The molecule has 0 spiro atoms. The van der Waals surface area contributed by atoms with E-state index in [1.165, 1.54) is 12.3 Å². The first-order chi connectivity index (χ1) is 12.7. The van der Waals surface area contributed by atoms with Gasteiger partial charge in [-0.25, -0.2) is 9.38 Å². The van der Waals surface area contributed by atoms with Crippen molar-refractivity contribution in [3.05, 3.63) is 54.1 Å². The number of halogens is 1. The molecule has 2 rings (SSSR count). The van der Waals surface area contributed by atoms with Gasteiger partial charge in [0.1, 0.15) is 5.75 Å². The zero-order valence-corrected chi connectivity index (χ0v) is 15.2. The van der Waals surface area contributed by atoms with Crippen molar-refractivity contribution >= 4 is 5.96 Å². The van der Waals surface area contributed by atoms with Crippen molar-refractivity contribution in [2.75, 3.05) is 26.8 Å². The number of nitrogens with zero attached hydrogens (tertiary/aromatic N) is 2. The average Bonchev–Trinajstić information content (AvgIpc) is 2.66. The quantitative estimate of drug-likeness (QED) is 0.409. The van der Waals surface area contributed by atoms with Crippen LogP contribution in [-0.2, 0) is 11.3 Å². The van der Waals surface area contributed by atoms with E-state index in [4.69, 9.17) is 9.47 Å². The van der Waals surface area contributed by atoms with E-state index >= 15 is 0 Å². The van der Waals surface area contributed by atoms with E-state index < -0.39 is 5.82 Å². The first-order valence-electron chi connectivity index (χ1n) is 8.60. The molecule has 140 valence electrons. The van der Waals surface area contributed by atoms with Gasteiger partial charge >= 0.3 is 0 Å². The fourth-order valence-corrected chi connectivity index (χ4v) is 2.20. The van der Waals surface area contributed by atoms with Crippen molar-refractivity contribution in [1.29, 1.82) is 0 Å². The predicted octanol–water partition coefficient (Wildman–Crippen LogP) is 3.10. The molecule has 1 aromatic carbocycles. The number of hydrogen-bond acceptors (Lipinski definition) is 4. The Hall–Kier alpha value is -2.67. The lowest BCUT2D eigenvalue weighted by atomic mass is 10.2. The molecule has 1 heterocycles. The second-order valence-electron chi connectivity index (χ2n) is 5.52. The van der Waals surface area contributed by atoms with Crippen LogP contribution in [0.25, 0.3) is 0 Å². The number of hydrogen-bond donors (Lipinski definition) is 2. The Morgan fingerprint density at radius 2 is 2.15 bits per heavy atom. The molecule has 0 amide bonds. The fraction of sp³-hybridized carbons (Fsp3) is 0.368. The van der Waals surface area contributed by atoms with Gasteiger partial charge in [0.25, 0.3) is 0 Å². The summed E-state index contributed by atoms with van der Waals surface area (Å²) in [4.78, 5) is 8.42. The topological polar surface area (TPSA) is 67.8 Å². The van der Waals surface area contributed by atoms with Gasteiger partial charge in [0.2, 0.25) is 0 Å². The van der Waals surface area contributed by atoms with Gasteiger partial charge in [0.05, 0.1) is 12.7 Å². The molecular weight excluding hydrogens is 335 g/mol. The van der Waals surface area contributed by atoms with Gasteiger partial charge in [-0.15, -0.1) is 0 Å². The third kappa shape index (κ3) is 6.68. The van der Waals surface area contributed by atoms with Crippen molar-refractivity contribution in [3.8, 4) is 11.5 Å². The fourth-order valence-electron chi connectivity index (χ4n) is 2.20. The molecule has 0 bridgehead atoms. The van der Waals surface area contributed by atoms with Gasteiger partial charge in [-0.2, -0.15) is 0 Å². The highest BCUT2D eigenvalue weighted by atomic mass is 19.1. The second-order valence-corrected chi connectivity index (χ2v) is 5.52. The lowest BCUT2D eigenvalue weighted by Crippen LogP contribution is -2.38. The van der Waals surface area contributed by atoms with Gasteiger partial charge in [0, 0.05) is 33.0 Å². The molecule has 0 aliphatic carbocycles. The maximum atomic E-state index is 14.3. The molecule has 7 heteroatoms. The molecule has 0 radical (unpaired) electrons. The summed E-state index contributed by atoms with van der Waals surface area (Å²) in [6, 6.07) is 8.30. The lowest BCUT2D eigenvalue weighted by Gasteiger charge is -2.11. The van der Waals surface area contributed by atoms with Crippen molar-refractivity contribution in [1.82, 2.24) is 15.6 Å². The van der Waals surface area contributed by atoms with Gasteiger partial charge in [-0.1, -0.05) is 6.07 Å². The number of benzene rings is 1. The summed E-state index contributed by atoms with van der Waals surface area (Å²) < 4.78 is 24.8. The molecule has 0 aliphatic rings. The van der Waals surface area contributed by atoms with Crippen LogP contribution in [0.5, 0.6) is 11.5 Å². The summed E-state index contributed by atoms with van der Waals surface area (Å²) in [6.07, 6.45) is 4.06. The highest BCUT2D eigenvalue weighted by Crippen LogP contribution is 2.24. The van der Waals surface area contributed by atoms with Crippen LogP contribution in [0.4, 0.5) is 4.39 Å². The van der Waals surface area contributed by atoms with Crippen LogP contribution >= 0.6 is 0 Å². The van der Waals surface area contributed by atoms with E-state index in [0.717, 1.165) is 25.1 Å². The molecule has 1 aromatic heterocycles. The zero-order chi connectivity index (χ0) is 18.6. The van der Waals surface area contributed by atoms with Crippen LogP contribution in [0, 0.1) is 5.82 Å². The minimum atomic E-state index is -0.431. The Kier molecular flexibility index (Phi) is 8.35. The van der Waals surface area contributed by atoms with Gasteiger partial charge in [0.15, 0.2) is 17.5 Å². The van der Waals surface area contributed by atoms with Gasteiger partial charge < -0.3 is 20.1 Å². The van der Waals surface area contributed by atoms with Crippen LogP contribution in [0.15, 0.2) is 47.7 Å². The molecule has 6 nitrogen and oxygen atoms in total. The summed E-state index contributed by atoms with van der Waals surface area (Å²) >= 11 is 0. The Morgan fingerprint density at radius 3 is 2.85 bits per heavy atom. The molecule has 0 unspecified atom stereocenters. The number of aliphatic imine (C=N–C) groups is 1. The van der Waals surface area contributed by atoms with Crippen LogP contribution in [0.3, 0.4) is 0 Å². The Bertz CT molecular complexity index is 695. The number of methoxy groups -OCH3 is 1. The maximum Gasteiger partial charge on any atom is 0.191 e. The predicted molar refractivity (Wildman–Crippen MR) is 100 cm³/mol. The van der Waals surface area contributed by atoms with E-state index in [1.54, 1.807) is 37.6 Å². The summed E-state index contributed by atoms with van der Waals surface area (Å²) in [7, 11) is 1.68. The van der Waals surface area contributed by atoms with E-state index in [2.05, 4.69) is 20.6 Å². The van der Waals surface area contributed by atoms with Crippen molar-refractivity contribution in [2.45, 2.75) is 19.9 Å². The number of ether oxygens (including phenoxy) is 2.